The molecule has 0 aliphatic carbocycles. The molecule has 0 fully saturated rings. The second kappa shape index (κ2) is 6.11. The van der Waals surface area contributed by atoms with Gasteiger partial charge in [0.2, 0.25) is 0 Å². The van der Waals surface area contributed by atoms with Crippen molar-refractivity contribution in [2.24, 2.45) is 0 Å². The Kier molecular flexibility index (Phi) is 4.66. The number of aromatic nitrogens is 2. The van der Waals surface area contributed by atoms with Gasteiger partial charge in [0, 0.05) is 13.1 Å². The van der Waals surface area contributed by atoms with Gasteiger partial charge in [-0.05, 0) is 12.1 Å². The van der Waals surface area contributed by atoms with Gasteiger partial charge in [0.15, 0.2) is 0 Å². The van der Waals surface area contributed by atoms with Crippen LogP contribution < -0.4 is 10.6 Å². The average Bonchev–Trinajstić information content (AvgIpc) is 2.25. The molecule has 14 heavy (non-hydrogen) atoms. The predicted octanol–water partition coefficient (Wildman–Crippen LogP) is -0.715. The molecular formula is C8H14N4O2. The van der Waals surface area contributed by atoms with Crippen LogP contribution in [0, 0.1) is 0 Å². The minimum atomic E-state index is 0.0617. The normalized spacial score (nSPS) is 9.86. The Labute approximate surface area is 82.0 Å². The maximum Gasteiger partial charge on any atom is 0.148 e. The standard InChI is InChI=1S/C8H14N4O2/c13-5-3-9-7-1-2-8(12-11-7)10-4-6-14/h1-2,13-14H,3-6H2,(H,9,11)(H,10,12). The molecule has 78 valence electrons. The Morgan fingerprint density at radius 2 is 1.36 bits per heavy atom. The van der Waals surface area contributed by atoms with Gasteiger partial charge in [0.1, 0.15) is 11.6 Å². The Hall–Kier alpha value is -1.40. The zero-order chi connectivity index (χ0) is 10.2. The summed E-state index contributed by atoms with van der Waals surface area (Å²) in [4.78, 5) is 0. The average molecular weight is 198 g/mol. The molecule has 1 heterocycles. The Balaban J connectivity index is 2.42. The van der Waals surface area contributed by atoms with E-state index in [1.165, 1.54) is 0 Å². The molecular weight excluding hydrogens is 184 g/mol. The molecule has 0 bridgehead atoms. The second-order valence-corrected chi connectivity index (χ2v) is 2.60. The molecule has 0 atom stereocenters. The van der Waals surface area contributed by atoms with Crippen molar-refractivity contribution in [3.8, 4) is 0 Å². The molecule has 0 radical (unpaired) electrons. The lowest BCUT2D eigenvalue weighted by Crippen LogP contribution is -2.10. The van der Waals surface area contributed by atoms with Gasteiger partial charge in [-0.1, -0.05) is 0 Å². The van der Waals surface area contributed by atoms with Gasteiger partial charge in [-0.25, -0.2) is 0 Å². The van der Waals surface area contributed by atoms with Gasteiger partial charge >= 0.3 is 0 Å². The molecule has 0 unspecified atom stereocenters. The van der Waals surface area contributed by atoms with Crippen LogP contribution in [0.4, 0.5) is 11.6 Å². The summed E-state index contributed by atoms with van der Waals surface area (Å²) in [5, 5.41) is 30.6. The van der Waals surface area contributed by atoms with Crippen molar-refractivity contribution in [2.45, 2.75) is 0 Å². The summed E-state index contributed by atoms with van der Waals surface area (Å²) < 4.78 is 0. The lowest BCUT2D eigenvalue weighted by atomic mass is 10.5. The highest BCUT2D eigenvalue weighted by Gasteiger charge is 1.95. The number of nitrogens with one attached hydrogen (secondary N) is 2. The van der Waals surface area contributed by atoms with Crippen molar-refractivity contribution in [1.29, 1.82) is 0 Å². The van der Waals surface area contributed by atoms with E-state index in [0.717, 1.165) is 0 Å². The number of rotatable bonds is 6. The number of anilines is 2. The number of nitrogens with zero attached hydrogens (tertiary/aromatic N) is 2. The molecule has 0 amide bonds. The first-order chi connectivity index (χ1) is 6.86. The first-order valence-corrected chi connectivity index (χ1v) is 4.40. The van der Waals surface area contributed by atoms with E-state index >= 15 is 0 Å². The highest BCUT2D eigenvalue weighted by Crippen LogP contribution is 2.04. The molecule has 0 saturated heterocycles. The van der Waals surface area contributed by atoms with Crippen molar-refractivity contribution >= 4 is 11.6 Å². The van der Waals surface area contributed by atoms with E-state index in [2.05, 4.69) is 20.8 Å². The number of aliphatic hydroxyl groups excluding tert-OH is 2. The van der Waals surface area contributed by atoms with Gasteiger partial charge in [-0.2, -0.15) is 0 Å². The van der Waals surface area contributed by atoms with E-state index in [1.54, 1.807) is 12.1 Å². The van der Waals surface area contributed by atoms with Crippen LogP contribution in [0.25, 0.3) is 0 Å². The SMILES string of the molecule is OCCNc1ccc(NCCO)nn1. The number of hydrogen-bond acceptors (Lipinski definition) is 6. The third-order valence-electron chi connectivity index (χ3n) is 1.50. The lowest BCUT2D eigenvalue weighted by molar-refractivity contribution is 0.310. The zero-order valence-electron chi connectivity index (χ0n) is 7.77. The molecule has 0 saturated carbocycles. The first-order valence-electron chi connectivity index (χ1n) is 4.40. The quantitative estimate of drug-likeness (QED) is 0.482. The Morgan fingerprint density at radius 1 is 0.929 bits per heavy atom. The van der Waals surface area contributed by atoms with Crippen LogP contribution in [0.5, 0.6) is 0 Å². The van der Waals surface area contributed by atoms with E-state index in [9.17, 15) is 0 Å². The van der Waals surface area contributed by atoms with Crippen LogP contribution in [0.3, 0.4) is 0 Å². The minimum Gasteiger partial charge on any atom is -0.395 e. The van der Waals surface area contributed by atoms with Crippen molar-refractivity contribution < 1.29 is 10.2 Å². The first kappa shape index (κ1) is 10.7. The number of hydrogen-bond donors (Lipinski definition) is 4. The van der Waals surface area contributed by atoms with Crippen LogP contribution in [-0.2, 0) is 0 Å². The van der Waals surface area contributed by atoms with E-state index in [-0.39, 0.29) is 13.2 Å². The van der Waals surface area contributed by atoms with Gasteiger partial charge in [-0.15, -0.1) is 10.2 Å². The van der Waals surface area contributed by atoms with Crippen LogP contribution in [0.2, 0.25) is 0 Å². The lowest BCUT2D eigenvalue weighted by Gasteiger charge is -2.04. The topological polar surface area (TPSA) is 90.3 Å². The van der Waals surface area contributed by atoms with Crippen LogP contribution in [-0.4, -0.2) is 46.7 Å². The van der Waals surface area contributed by atoms with E-state index in [1.807, 2.05) is 0 Å². The summed E-state index contributed by atoms with van der Waals surface area (Å²) in [6.07, 6.45) is 0. The molecule has 1 aromatic rings. The van der Waals surface area contributed by atoms with Crippen molar-refractivity contribution in [3.05, 3.63) is 12.1 Å². The maximum absolute atomic E-state index is 8.55. The highest BCUT2D eigenvalue weighted by molar-refractivity contribution is 5.41. The molecule has 0 aliphatic heterocycles. The summed E-state index contributed by atoms with van der Waals surface area (Å²) in [6.45, 7) is 1.04. The van der Waals surface area contributed by atoms with Crippen LogP contribution in [0.1, 0.15) is 0 Å². The van der Waals surface area contributed by atoms with E-state index < -0.39 is 0 Å². The molecule has 1 aromatic heterocycles. The monoisotopic (exact) mass is 198 g/mol. The molecule has 0 spiro atoms. The van der Waals surface area contributed by atoms with Crippen LogP contribution in [0.15, 0.2) is 12.1 Å². The summed E-state index contributed by atoms with van der Waals surface area (Å²) in [5.41, 5.74) is 0. The third kappa shape index (κ3) is 3.55. The highest BCUT2D eigenvalue weighted by atomic mass is 16.3. The zero-order valence-corrected chi connectivity index (χ0v) is 7.77. The fourth-order valence-corrected chi connectivity index (χ4v) is 0.889. The molecule has 0 aliphatic rings. The van der Waals surface area contributed by atoms with E-state index in [4.69, 9.17) is 10.2 Å². The van der Waals surface area contributed by atoms with Gasteiger partial charge in [-0.3, -0.25) is 0 Å². The van der Waals surface area contributed by atoms with Gasteiger partial charge in [0.05, 0.1) is 13.2 Å². The van der Waals surface area contributed by atoms with Gasteiger partial charge < -0.3 is 20.8 Å². The van der Waals surface area contributed by atoms with E-state index in [0.29, 0.717) is 24.7 Å². The number of aliphatic hydroxyl groups is 2. The van der Waals surface area contributed by atoms with Crippen LogP contribution >= 0.6 is 0 Å². The Bertz CT molecular complexity index is 225. The van der Waals surface area contributed by atoms with Crippen molar-refractivity contribution in [1.82, 2.24) is 10.2 Å². The molecule has 4 N–H and O–H groups in total. The minimum absolute atomic E-state index is 0.0617. The predicted molar refractivity (Wildman–Crippen MR) is 53.2 cm³/mol. The Morgan fingerprint density at radius 3 is 1.64 bits per heavy atom. The summed E-state index contributed by atoms with van der Waals surface area (Å²) in [6, 6.07) is 3.50. The van der Waals surface area contributed by atoms with Crippen molar-refractivity contribution in [2.75, 3.05) is 36.9 Å². The van der Waals surface area contributed by atoms with Gasteiger partial charge in [0.25, 0.3) is 0 Å². The summed E-state index contributed by atoms with van der Waals surface area (Å²) in [7, 11) is 0. The van der Waals surface area contributed by atoms with Crippen molar-refractivity contribution in [3.63, 3.8) is 0 Å². The molecule has 0 aromatic carbocycles. The largest absolute Gasteiger partial charge is 0.395 e. The fraction of sp³-hybridized carbons (Fsp3) is 0.500. The third-order valence-corrected chi connectivity index (χ3v) is 1.50. The second-order valence-electron chi connectivity index (χ2n) is 2.60. The molecule has 6 heteroatoms. The summed E-state index contributed by atoms with van der Waals surface area (Å²) in [5.74, 6) is 1.24. The summed E-state index contributed by atoms with van der Waals surface area (Å²) >= 11 is 0. The molecule has 6 nitrogen and oxygen atoms in total. The molecule has 1 rings (SSSR count). The maximum atomic E-state index is 8.55. The smallest absolute Gasteiger partial charge is 0.148 e. The fourth-order valence-electron chi connectivity index (χ4n) is 0.889.